The van der Waals surface area contributed by atoms with Crippen LogP contribution in [0.4, 0.5) is 8.78 Å². The lowest BCUT2D eigenvalue weighted by molar-refractivity contribution is -0.0197. The fourth-order valence-corrected chi connectivity index (χ4v) is 5.69. The van der Waals surface area contributed by atoms with Crippen molar-refractivity contribution in [1.29, 1.82) is 0 Å². The first-order valence-corrected chi connectivity index (χ1v) is 11.6. The molecule has 2 aliphatic rings. The summed E-state index contributed by atoms with van der Waals surface area (Å²) in [4.78, 5) is 29.1. The smallest absolute Gasteiger partial charge is 0.272 e. The minimum absolute atomic E-state index is 0.0860. The number of alkyl halides is 2. The van der Waals surface area contributed by atoms with Gasteiger partial charge in [0.05, 0.1) is 17.3 Å². The van der Waals surface area contributed by atoms with Crippen LogP contribution in [0.25, 0.3) is 16.4 Å². The van der Waals surface area contributed by atoms with Gasteiger partial charge < -0.3 is 10.1 Å². The Morgan fingerprint density at radius 1 is 1.20 bits per heavy atom. The summed E-state index contributed by atoms with van der Waals surface area (Å²) in [7, 11) is 0. The van der Waals surface area contributed by atoms with Crippen LogP contribution in [0.2, 0.25) is 0 Å². The molecule has 1 amide bonds. The van der Waals surface area contributed by atoms with Crippen molar-refractivity contribution in [1.82, 2.24) is 24.9 Å². The maximum Gasteiger partial charge on any atom is 0.272 e. The van der Waals surface area contributed by atoms with E-state index >= 15 is 0 Å². The molecule has 0 unspecified atom stereocenters. The second-order valence-corrected chi connectivity index (χ2v) is 9.60. The van der Waals surface area contributed by atoms with Crippen molar-refractivity contribution in [2.75, 3.05) is 6.61 Å². The number of ether oxygens (including phenoxy) is 1. The van der Waals surface area contributed by atoms with E-state index in [9.17, 15) is 18.4 Å². The molecular formula is C25H23F2N5O3. The number of fused-ring (bicyclic) bond motifs is 2. The average molecular weight is 479 g/mol. The van der Waals surface area contributed by atoms with Gasteiger partial charge in [-0.25, -0.2) is 18.9 Å². The normalized spacial score (nSPS) is 23.4. The summed E-state index contributed by atoms with van der Waals surface area (Å²) in [5, 5.41) is 11.6. The fourth-order valence-electron chi connectivity index (χ4n) is 5.69. The molecule has 2 aliphatic carbocycles. The van der Waals surface area contributed by atoms with Crippen LogP contribution in [0.1, 0.15) is 47.8 Å². The molecule has 1 spiro atoms. The highest BCUT2D eigenvalue weighted by atomic mass is 19.3. The summed E-state index contributed by atoms with van der Waals surface area (Å²) < 4.78 is 31.4. The Morgan fingerprint density at radius 3 is 2.74 bits per heavy atom. The highest BCUT2D eigenvalue weighted by Gasteiger charge is 2.54. The van der Waals surface area contributed by atoms with Crippen LogP contribution in [0, 0.1) is 5.41 Å². The summed E-state index contributed by atoms with van der Waals surface area (Å²) in [6, 6.07) is 10.7. The van der Waals surface area contributed by atoms with E-state index in [1.807, 2.05) is 24.3 Å². The number of imidazole rings is 1. The van der Waals surface area contributed by atoms with Gasteiger partial charge in [0.2, 0.25) is 0 Å². The molecule has 8 nitrogen and oxygen atoms in total. The number of nitrogens with one attached hydrogen (secondary N) is 2. The molecule has 6 rings (SSSR count). The maximum atomic E-state index is 12.9. The molecule has 180 valence electrons. The Bertz CT molecular complexity index is 1480. The minimum Gasteiger partial charge on any atom is -0.487 e. The number of benzene rings is 1. The molecule has 0 saturated heterocycles. The van der Waals surface area contributed by atoms with Gasteiger partial charge in [-0.05, 0) is 43.2 Å². The summed E-state index contributed by atoms with van der Waals surface area (Å²) in [5.41, 5.74) is 1.82. The van der Waals surface area contributed by atoms with Crippen LogP contribution in [0.3, 0.4) is 0 Å². The number of amides is 1. The number of rotatable bonds is 6. The summed E-state index contributed by atoms with van der Waals surface area (Å²) in [6.45, 7) is -0.691. The van der Waals surface area contributed by atoms with Gasteiger partial charge in [0.15, 0.2) is 0 Å². The summed E-state index contributed by atoms with van der Waals surface area (Å²) >= 11 is 0. The van der Waals surface area contributed by atoms with Crippen molar-refractivity contribution in [3.8, 4) is 5.75 Å². The van der Waals surface area contributed by atoms with Crippen molar-refractivity contribution >= 4 is 22.3 Å². The van der Waals surface area contributed by atoms with E-state index < -0.39 is 13.0 Å². The lowest BCUT2D eigenvalue weighted by Crippen LogP contribution is -2.55. The molecule has 4 aromatic rings. The van der Waals surface area contributed by atoms with Crippen molar-refractivity contribution in [2.24, 2.45) is 5.41 Å². The SMILES string of the molecule is O=C(N[C@H]1CC2(C1)C[C@H](c1n[nH]c(=O)c3ccccc31)C2)c1cnc2cc(OCC(F)F)ccn12. The number of nitrogens with zero attached hydrogens (tertiary/aromatic N) is 3. The lowest BCUT2D eigenvalue weighted by atomic mass is 9.49. The number of aromatic amines is 1. The highest BCUT2D eigenvalue weighted by Crippen LogP contribution is 2.62. The second kappa shape index (κ2) is 8.14. The molecule has 2 fully saturated rings. The number of pyridine rings is 1. The molecule has 0 radical (unpaired) electrons. The van der Waals surface area contributed by atoms with Gasteiger partial charge in [-0.15, -0.1) is 0 Å². The maximum absolute atomic E-state index is 12.9. The zero-order chi connectivity index (χ0) is 24.2. The van der Waals surface area contributed by atoms with E-state index in [0.717, 1.165) is 36.8 Å². The van der Waals surface area contributed by atoms with Gasteiger partial charge in [0.25, 0.3) is 17.9 Å². The molecule has 35 heavy (non-hydrogen) atoms. The molecule has 3 aromatic heterocycles. The topological polar surface area (TPSA) is 101 Å². The van der Waals surface area contributed by atoms with Gasteiger partial charge in [-0.1, -0.05) is 18.2 Å². The largest absolute Gasteiger partial charge is 0.487 e. The van der Waals surface area contributed by atoms with Crippen molar-refractivity contribution in [3.05, 3.63) is 70.5 Å². The van der Waals surface area contributed by atoms with Crippen LogP contribution in [0.15, 0.2) is 53.6 Å². The Hall–Kier alpha value is -3.82. The van der Waals surface area contributed by atoms with E-state index in [1.165, 1.54) is 18.3 Å². The van der Waals surface area contributed by atoms with E-state index in [2.05, 4.69) is 20.5 Å². The summed E-state index contributed by atoms with van der Waals surface area (Å²) in [5.74, 6) is 0.358. The molecule has 0 aliphatic heterocycles. The first kappa shape index (κ1) is 21.7. The standard InChI is InChI=1S/C25H23F2N5O3/c26-20(27)13-35-16-5-6-32-19(12-28-21(32)7-16)24(34)29-15-10-25(11-15)8-14(9-25)22-17-3-1-2-4-18(17)23(33)31-30-22/h1-7,12,14-15,20H,8-11,13H2,(H,29,34)(H,31,33)/t14-,15-,25?. The zero-order valence-corrected chi connectivity index (χ0v) is 18.7. The molecule has 10 heteroatoms. The highest BCUT2D eigenvalue weighted by molar-refractivity contribution is 5.93. The van der Waals surface area contributed by atoms with Gasteiger partial charge in [-0.2, -0.15) is 5.10 Å². The van der Waals surface area contributed by atoms with Crippen LogP contribution in [-0.4, -0.2) is 44.6 Å². The Kier molecular flexibility index (Phi) is 5.05. The third kappa shape index (κ3) is 3.82. The predicted molar refractivity (Wildman–Crippen MR) is 124 cm³/mol. The Labute approximate surface area is 198 Å². The average Bonchev–Trinajstić information content (AvgIpc) is 3.23. The first-order chi connectivity index (χ1) is 16.9. The summed E-state index contributed by atoms with van der Waals surface area (Å²) in [6.07, 6.45) is 4.29. The second-order valence-electron chi connectivity index (χ2n) is 9.60. The third-order valence-corrected chi connectivity index (χ3v) is 7.26. The molecule has 2 N–H and O–H groups in total. The number of hydrogen-bond acceptors (Lipinski definition) is 5. The van der Waals surface area contributed by atoms with E-state index in [4.69, 9.17) is 4.74 Å². The Morgan fingerprint density at radius 2 is 1.97 bits per heavy atom. The fraction of sp³-hybridized carbons (Fsp3) is 0.360. The first-order valence-electron chi connectivity index (χ1n) is 11.6. The van der Waals surface area contributed by atoms with E-state index in [-0.39, 0.29) is 28.7 Å². The molecule has 2 saturated carbocycles. The molecule has 1 aromatic carbocycles. The number of carbonyl (C=O) groups excluding carboxylic acids is 1. The van der Waals surface area contributed by atoms with Gasteiger partial charge in [0.1, 0.15) is 23.7 Å². The van der Waals surface area contributed by atoms with Crippen LogP contribution >= 0.6 is 0 Å². The Balaban J connectivity index is 1.07. The number of carbonyl (C=O) groups is 1. The van der Waals surface area contributed by atoms with Crippen molar-refractivity contribution in [3.63, 3.8) is 0 Å². The molecule has 3 heterocycles. The van der Waals surface area contributed by atoms with Gasteiger partial charge >= 0.3 is 0 Å². The van der Waals surface area contributed by atoms with E-state index in [0.29, 0.717) is 22.6 Å². The van der Waals surface area contributed by atoms with Crippen LogP contribution < -0.4 is 15.6 Å². The van der Waals surface area contributed by atoms with Gasteiger partial charge in [0, 0.05) is 29.6 Å². The molecule has 0 atom stereocenters. The number of aromatic nitrogens is 4. The zero-order valence-electron chi connectivity index (χ0n) is 18.7. The van der Waals surface area contributed by atoms with Crippen LogP contribution in [0.5, 0.6) is 5.75 Å². The number of H-pyrrole nitrogens is 1. The minimum atomic E-state index is -2.56. The monoisotopic (exact) mass is 479 g/mol. The lowest BCUT2D eigenvalue weighted by Gasteiger charge is -2.57. The van der Waals surface area contributed by atoms with Crippen molar-refractivity contribution < 1.29 is 18.3 Å². The molecular weight excluding hydrogens is 456 g/mol. The number of halogens is 2. The predicted octanol–water partition coefficient (Wildman–Crippen LogP) is 3.67. The number of hydrogen-bond donors (Lipinski definition) is 2. The quantitative estimate of drug-likeness (QED) is 0.440. The third-order valence-electron chi connectivity index (χ3n) is 7.26. The van der Waals surface area contributed by atoms with E-state index in [1.54, 1.807) is 10.6 Å². The van der Waals surface area contributed by atoms with Gasteiger partial charge in [-0.3, -0.25) is 14.0 Å². The molecule has 0 bridgehead atoms. The van der Waals surface area contributed by atoms with Crippen molar-refractivity contribution in [2.45, 2.75) is 44.1 Å². The van der Waals surface area contributed by atoms with Crippen LogP contribution in [-0.2, 0) is 0 Å².